The summed E-state index contributed by atoms with van der Waals surface area (Å²) in [6.45, 7) is 0.520. The number of rotatable bonds is 11. The Hall–Kier alpha value is -4.64. The molecule has 11 heteroatoms. The first-order valence-electron chi connectivity index (χ1n) is 13.5. The molecule has 0 bridgehead atoms. The van der Waals surface area contributed by atoms with E-state index in [1.807, 2.05) is 54.6 Å². The van der Waals surface area contributed by atoms with Gasteiger partial charge < -0.3 is 20.1 Å². The van der Waals surface area contributed by atoms with E-state index in [-0.39, 0.29) is 36.3 Å². The first kappa shape index (κ1) is 28.9. The van der Waals surface area contributed by atoms with Crippen molar-refractivity contribution in [2.45, 2.75) is 25.3 Å². The van der Waals surface area contributed by atoms with E-state index in [4.69, 9.17) is 14.5 Å². The first-order chi connectivity index (χ1) is 20.5. The fraction of sp³-hybridized carbons (Fsp3) is 0.258. The van der Waals surface area contributed by atoms with E-state index in [2.05, 4.69) is 15.6 Å². The van der Waals surface area contributed by atoms with Gasteiger partial charge in [0.05, 0.1) is 31.3 Å². The summed E-state index contributed by atoms with van der Waals surface area (Å²) < 4.78 is 10.6. The zero-order chi connectivity index (χ0) is 29.5. The minimum absolute atomic E-state index is 0.00703. The van der Waals surface area contributed by atoms with Crippen molar-refractivity contribution in [3.05, 3.63) is 83.9 Å². The van der Waals surface area contributed by atoms with Crippen LogP contribution in [0, 0.1) is 0 Å². The molecule has 5 rings (SSSR count). The molecule has 3 aromatic rings. The van der Waals surface area contributed by atoms with Gasteiger partial charge in [0.15, 0.2) is 5.17 Å². The Morgan fingerprint density at radius 2 is 1.76 bits per heavy atom. The van der Waals surface area contributed by atoms with E-state index in [9.17, 15) is 14.4 Å². The van der Waals surface area contributed by atoms with Crippen LogP contribution in [0.15, 0.2) is 82.8 Å². The molecule has 0 spiro atoms. The number of carbonyl (C=O) groups excluding carboxylic acids is 3. The van der Waals surface area contributed by atoms with Crippen LogP contribution in [0.5, 0.6) is 11.5 Å². The number of hydrogen-bond donors (Lipinski definition) is 2. The van der Waals surface area contributed by atoms with Crippen molar-refractivity contribution < 1.29 is 23.9 Å². The van der Waals surface area contributed by atoms with Gasteiger partial charge in [-0.3, -0.25) is 19.4 Å². The van der Waals surface area contributed by atoms with E-state index < -0.39 is 6.04 Å². The molecule has 42 heavy (non-hydrogen) atoms. The molecule has 2 heterocycles. The van der Waals surface area contributed by atoms with Crippen molar-refractivity contribution in [3.8, 4) is 11.5 Å². The molecule has 0 radical (unpaired) electrons. The second-order valence-electron chi connectivity index (χ2n) is 9.58. The molecule has 0 aliphatic carbocycles. The zero-order valence-corrected chi connectivity index (χ0v) is 24.1. The summed E-state index contributed by atoms with van der Waals surface area (Å²) in [6.07, 6.45) is 1.17. The van der Waals surface area contributed by atoms with Crippen LogP contribution in [-0.2, 0) is 20.8 Å². The number of para-hydroxylation sites is 1. The van der Waals surface area contributed by atoms with Gasteiger partial charge in [0.25, 0.3) is 5.91 Å². The average Bonchev–Trinajstić information content (AvgIpc) is 3.35. The summed E-state index contributed by atoms with van der Waals surface area (Å²) >= 11 is 1.14. The van der Waals surface area contributed by atoms with Gasteiger partial charge in [0.2, 0.25) is 11.8 Å². The molecule has 0 saturated heterocycles. The molecule has 1 unspecified atom stereocenters. The van der Waals surface area contributed by atoms with Gasteiger partial charge >= 0.3 is 0 Å². The van der Waals surface area contributed by atoms with Crippen molar-refractivity contribution in [2.75, 3.05) is 31.8 Å². The Kier molecular flexibility index (Phi) is 9.18. The Morgan fingerprint density at radius 3 is 2.55 bits per heavy atom. The fourth-order valence-electron chi connectivity index (χ4n) is 4.66. The number of ether oxygens (including phenoxy) is 2. The molecule has 0 saturated carbocycles. The first-order valence-corrected chi connectivity index (χ1v) is 14.5. The van der Waals surface area contributed by atoms with Gasteiger partial charge in [-0.1, -0.05) is 54.2 Å². The van der Waals surface area contributed by atoms with Crippen LogP contribution in [-0.4, -0.2) is 66.2 Å². The fourth-order valence-corrected chi connectivity index (χ4v) is 5.46. The van der Waals surface area contributed by atoms with Crippen LogP contribution in [0.1, 0.15) is 24.0 Å². The van der Waals surface area contributed by atoms with E-state index in [1.165, 1.54) is 12.0 Å². The molecule has 2 aliphatic rings. The number of hydrogen-bond acceptors (Lipinski definition) is 8. The van der Waals surface area contributed by atoms with Crippen LogP contribution in [0.25, 0.3) is 0 Å². The number of anilines is 1. The van der Waals surface area contributed by atoms with Crippen molar-refractivity contribution in [1.29, 1.82) is 0 Å². The number of methoxy groups -OCH3 is 2. The lowest BCUT2D eigenvalue weighted by Gasteiger charge is -2.25. The lowest BCUT2D eigenvalue weighted by Crippen LogP contribution is -2.41. The smallest absolute Gasteiger partial charge is 0.259 e. The maximum Gasteiger partial charge on any atom is 0.259 e. The van der Waals surface area contributed by atoms with Crippen LogP contribution in [0.2, 0.25) is 0 Å². The molecule has 0 aromatic heterocycles. The third-order valence-electron chi connectivity index (χ3n) is 6.78. The number of amidine groups is 2. The largest absolute Gasteiger partial charge is 0.497 e. The molecule has 3 amide bonds. The van der Waals surface area contributed by atoms with Crippen molar-refractivity contribution >= 4 is 51.9 Å². The molecule has 1 atom stereocenters. The lowest BCUT2D eigenvalue weighted by molar-refractivity contribution is -0.125. The van der Waals surface area contributed by atoms with E-state index in [1.54, 1.807) is 25.3 Å². The minimum Gasteiger partial charge on any atom is -0.497 e. The van der Waals surface area contributed by atoms with Crippen molar-refractivity contribution in [2.24, 2.45) is 9.98 Å². The molecule has 216 valence electrons. The molecular formula is C31H31N5O5S. The SMILES string of the molecule is COc1ccc(OC)c(NC(=O)CSC2=Nc3ccccc3C3=NC(CCC(=O)NCCc4ccccc4)C(=O)N23)c1. The van der Waals surface area contributed by atoms with Gasteiger partial charge in [-0.25, -0.2) is 9.89 Å². The Bertz CT molecular complexity index is 1540. The Labute approximate surface area is 248 Å². The molecule has 2 N–H and O–H groups in total. The van der Waals surface area contributed by atoms with Crippen molar-refractivity contribution in [1.82, 2.24) is 10.2 Å². The predicted octanol–water partition coefficient (Wildman–Crippen LogP) is 4.17. The second kappa shape index (κ2) is 13.3. The third-order valence-corrected chi connectivity index (χ3v) is 7.72. The number of thioether (sulfide) groups is 1. The van der Waals surface area contributed by atoms with Gasteiger partial charge in [-0.15, -0.1) is 0 Å². The highest BCUT2D eigenvalue weighted by Crippen LogP contribution is 2.34. The molecule has 0 fully saturated rings. The standard InChI is InChI=1S/C31H31N5O5S/c1-40-21-12-14-26(41-2)25(18-21)33-28(38)19-42-31-35-23-11-7-6-10-22(23)29-34-24(30(39)36(29)31)13-15-27(37)32-17-16-20-8-4-3-5-9-20/h3-12,14,18,24H,13,15-17,19H2,1-2H3,(H,32,37)(H,33,38). The Morgan fingerprint density at radius 1 is 0.976 bits per heavy atom. The van der Waals surface area contributed by atoms with E-state index in [0.717, 1.165) is 29.3 Å². The van der Waals surface area contributed by atoms with Crippen LogP contribution >= 0.6 is 11.8 Å². The van der Waals surface area contributed by atoms with Gasteiger partial charge in [-0.05, 0) is 42.7 Å². The Balaban J connectivity index is 1.22. The molecule has 2 aliphatic heterocycles. The molecule has 3 aromatic carbocycles. The number of fused-ring (bicyclic) bond motifs is 3. The molecular weight excluding hydrogens is 554 g/mol. The van der Waals surface area contributed by atoms with Gasteiger partial charge in [0.1, 0.15) is 23.4 Å². The monoisotopic (exact) mass is 585 g/mol. The number of aliphatic imine (C=N–C) groups is 2. The summed E-state index contributed by atoms with van der Waals surface area (Å²) in [5, 5.41) is 6.12. The van der Waals surface area contributed by atoms with E-state index in [0.29, 0.717) is 40.4 Å². The number of nitrogens with one attached hydrogen (secondary N) is 2. The second-order valence-corrected chi connectivity index (χ2v) is 10.5. The maximum atomic E-state index is 13.5. The number of carbonyl (C=O) groups is 3. The van der Waals surface area contributed by atoms with Crippen LogP contribution < -0.4 is 20.1 Å². The summed E-state index contributed by atoms with van der Waals surface area (Å²) in [4.78, 5) is 49.8. The topological polar surface area (TPSA) is 122 Å². The quantitative estimate of drug-likeness (QED) is 0.348. The highest BCUT2D eigenvalue weighted by atomic mass is 32.2. The summed E-state index contributed by atoms with van der Waals surface area (Å²) in [5.74, 6) is 0.849. The molecule has 10 nitrogen and oxygen atoms in total. The highest BCUT2D eigenvalue weighted by molar-refractivity contribution is 8.14. The van der Waals surface area contributed by atoms with Crippen LogP contribution in [0.4, 0.5) is 11.4 Å². The summed E-state index contributed by atoms with van der Waals surface area (Å²) in [7, 11) is 3.06. The van der Waals surface area contributed by atoms with Crippen LogP contribution in [0.3, 0.4) is 0 Å². The third kappa shape index (κ3) is 6.63. The summed E-state index contributed by atoms with van der Waals surface area (Å²) in [5.41, 5.74) is 3.01. The number of nitrogens with zero attached hydrogens (tertiary/aromatic N) is 3. The van der Waals surface area contributed by atoms with Gasteiger partial charge in [0, 0.05) is 24.6 Å². The number of amides is 3. The lowest BCUT2D eigenvalue weighted by atomic mass is 10.1. The minimum atomic E-state index is -0.716. The summed E-state index contributed by atoms with van der Waals surface area (Å²) in [6, 6.07) is 21.8. The zero-order valence-electron chi connectivity index (χ0n) is 23.3. The van der Waals surface area contributed by atoms with Gasteiger partial charge in [-0.2, -0.15) is 0 Å². The average molecular weight is 586 g/mol. The highest BCUT2D eigenvalue weighted by Gasteiger charge is 2.41. The van der Waals surface area contributed by atoms with E-state index >= 15 is 0 Å². The predicted molar refractivity (Wildman–Crippen MR) is 164 cm³/mol. The normalized spacial score (nSPS) is 15.2. The number of benzene rings is 3. The van der Waals surface area contributed by atoms with Crippen molar-refractivity contribution in [3.63, 3.8) is 0 Å². The maximum absolute atomic E-state index is 13.5.